The highest BCUT2D eigenvalue weighted by Crippen LogP contribution is 2.58. The summed E-state index contributed by atoms with van der Waals surface area (Å²) in [7, 11) is 0. The van der Waals surface area contributed by atoms with Gasteiger partial charge in [-0.1, -0.05) is 309 Å². The molecule has 4 heteroatoms. The molecule has 18 aromatic carbocycles. The van der Waals surface area contributed by atoms with Gasteiger partial charge in [-0.25, -0.2) is 0 Å². The minimum atomic E-state index is -0.360. The average Bonchev–Trinajstić information content (AvgIpc) is 1.26. The van der Waals surface area contributed by atoms with Crippen LogP contribution in [0, 0.1) is 0 Å². The van der Waals surface area contributed by atoms with Crippen LogP contribution in [0.5, 0.6) is 0 Å². The fourth-order valence-electron chi connectivity index (χ4n) is 18.8. The lowest BCUT2D eigenvalue weighted by Crippen LogP contribution is -2.26. The van der Waals surface area contributed by atoms with E-state index in [1.807, 2.05) is 0 Å². The number of anilines is 6. The van der Waals surface area contributed by atoms with Gasteiger partial charge in [0.15, 0.2) is 0 Å². The van der Waals surface area contributed by atoms with Gasteiger partial charge in [-0.3, -0.25) is 0 Å². The zero-order valence-electron chi connectivity index (χ0n) is 62.2. The summed E-state index contributed by atoms with van der Waals surface area (Å²) in [5.74, 6) is 0. The number of hydrogen-bond donors (Lipinski definition) is 0. The molecule has 0 saturated carbocycles. The summed E-state index contributed by atoms with van der Waals surface area (Å²) < 4.78 is 4.75. The Bertz CT molecular complexity index is 6940. The van der Waals surface area contributed by atoms with Crippen molar-refractivity contribution in [2.45, 2.75) is 24.7 Å². The van der Waals surface area contributed by atoms with Gasteiger partial charge in [0.2, 0.25) is 0 Å². The van der Waals surface area contributed by atoms with E-state index >= 15 is 0 Å². The molecule has 0 atom stereocenters. The van der Waals surface area contributed by atoms with E-state index < -0.39 is 0 Å². The minimum absolute atomic E-state index is 0.354. The van der Waals surface area contributed by atoms with Gasteiger partial charge < -0.3 is 18.9 Å². The topological polar surface area (TPSA) is 16.3 Å². The Kier molecular flexibility index (Phi) is 15.8. The van der Waals surface area contributed by atoms with Crippen molar-refractivity contribution in [1.29, 1.82) is 0 Å². The Morgan fingerprint density at radius 1 is 0.196 bits per heavy atom. The molecule has 0 radical (unpaired) electrons. The second-order valence-corrected chi connectivity index (χ2v) is 30.1. The molecule has 112 heavy (non-hydrogen) atoms. The van der Waals surface area contributed by atoms with Gasteiger partial charge in [0.05, 0.1) is 39.1 Å². The van der Waals surface area contributed by atoms with Gasteiger partial charge in [-0.15, -0.1) is 0 Å². The predicted molar refractivity (Wildman–Crippen MR) is 472 cm³/mol. The molecule has 0 fully saturated rings. The number of fused-ring (bicyclic) bond motifs is 14. The molecule has 2 aliphatic rings. The van der Waals surface area contributed by atoms with Crippen LogP contribution in [0.1, 0.15) is 47.2 Å². The van der Waals surface area contributed by atoms with E-state index in [4.69, 9.17) is 0 Å². The molecule has 0 aliphatic heterocycles. The highest BCUT2D eigenvalue weighted by Gasteiger charge is 2.44. The minimum Gasteiger partial charge on any atom is -0.310 e. The fraction of sp³-hybridized carbons (Fsp3) is 0.0370. The number of benzene rings is 18. The largest absolute Gasteiger partial charge is 0.310 e. The zero-order chi connectivity index (χ0) is 74.4. The lowest BCUT2D eigenvalue weighted by molar-refractivity contribution is 0.714. The first kappa shape index (κ1) is 65.9. The molecule has 2 aromatic heterocycles. The van der Waals surface area contributed by atoms with Gasteiger partial charge in [-0.05, 0) is 223 Å². The van der Waals surface area contributed by atoms with Crippen LogP contribution in [0.3, 0.4) is 0 Å². The van der Waals surface area contributed by atoms with Gasteiger partial charge in [0.1, 0.15) is 0 Å². The first-order valence-electron chi connectivity index (χ1n) is 38.9. The lowest BCUT2D eigenvalue weighted by Gasteiger charge is -2.35. The third kappa shape index (κ3) is 10.6. The molecule has 4 nitrogen and oxygen atoms in total. The Hall–Kier alpha value is -14.3. The number of nitrogens with zero attached hydrogens (tertiary/aromatic N) is 4. The Morgan fingerprint density at radius 3 is 1.01 bits per heavy atom. The Balaban J connectivity index is 0.000000141. The number of hydrogen-bond acceptors (Lipinski definition) is 2. The van der Waals surface area contributed by atoms with Crippen molar-refractivity contribution in [3.05, 3.63) is 458 Å². The molecule has 22 rings (SSSR count). The standard InChI is InChI=1S/2C54H38N2/c1-54(47-24-10-7-21-43(47)44-22-8-11-25-48(44)54)49-26-12-14-28-53(49)56(50-29-15-17-38-16-5-6-20-42(38)50)41-33-30-37(31-34-41)39-32-35-52-46(36-39)45-23-9-13-27-51(45)55(52)40-18-3-2-4-19-40;1-54(48-22-10-7-19-44(48)45-20-8-11-23-49(45)54)50-24-12-14-26-53(50)55(43-33-29-37-15-5-6-16-39(37)35-43)42-31-27-38(28-32-42)40-30-34-52-47(36-40)46-21-9-13-25-51(46)56(52)41-17-3-2-4-18-41/h2*2-36H,1H3. The molecule has 20 aromatic rings. The predicted octanol–water partition coefficient (Wildman–Crippen LogP) is 28.8. The monoisotopic (exact) mass is 1430 g/mol. The number of para-hydroxylation sites is 6. The zero-order valence-corrected chi connectivity index (χ0v) is 62.2. The fourth-order valence-corrected chi connectivity index (χ4v) is 18.8. The summed E-state index contributed by atoms with van der Waals surface area (Å²) in [5, 5.41) is 9.90. The molecular formula is C108H76N4. The van der Waals surface area contributed by atoms with Crippen LogP contribution in [0.4, 0.5) is 34.1 Å². The molecule has 2 aliphatic carbocycles. The van der Waals surface area contributed by atoms with Crippen molar-refractivity contribution in [3.8, 4) is 55.9 Å². The maximum absolute atomic E-state index is 2.48. The molecule has 0 unspecified atom stereocenters. The highest BCUT2D eigenvalue weighted by atomic mass is 15.2. The summed E-state index contributed by atoms with van der Waals surface area (Å²) in [4.78, 5) is 4.93. The molecular weight excluding hydrogens is 1350 g/mol. The van der Waals surface area contributed by atoms with Gasteiger partial charge in [0.25, 0.3) is 0 Å². The van der Waals surface area contributed by atoms with Crippen LogP contribution in [-0.2, 0) is 10.8 Å². The SMILES string of the molecule is CC1(c2ccccc2N(c2ccc(-c3ccc4c(c3)c3ccccc3n4-c3ccccc3)cc2)c2ccc3ccccc3c2)c2ccccc2-c2ccccc21.CC1(c2ccccc2N(c2ccc(-c3ccc4c(c3)c3ccccc3n4-c3ccccc3)cc2)c2cccc3ccccc23)c2ccccc2-c2ccccc21. The quantitative estimate of drug-likeness (QED) is 0.121. The van der Waals surface area contributed by atoms with Gasteiger partial charge >= 0.3 is 0 Å². The summed E-state index contributed by atoms with van der Waals surface area (Å²) in [6.45, 7) is 4.81. The van der Waals surface area contributed by atoms with Gasteiger partial charge in [0, 0.05) is 66.2 Å². The van der Waals surface area contributed by atoms with Crippen LogP contribution in [0.2, 0.25) is 0 Å². The van der Waals surface area contributed by atoms with Crippen LogP contribution < -0.4 is 9.80 Å². The summed E-state index contributed by atoms with van der Waals surface area (Å²) in [6, 6.07) is 156. The third-order valence-electron chi connectivity index (χ3n) is 24.1. The van der Waals surface area contributed by atoms with E-state index in [2.05, 4.69) is 457 Å². The third-order valence-corrected chi connectivity index (χ3v) is 24.1. The second-order valence-electron chi connectivity index (χ2n) is 30.1. The van der Waals surface area contributed by atoms with Crippen molar-refractivity contribution in [3.63, 3.8) is 0 Å². The van der Waals surface area contributed by atoms with E-state index in [1.54, 1.807) is 0 Å². The number of rotatable bonds is 12. The van der Waals surface area contributed by atoms with Crippen molar-refractivity contribution in [2.24, 2.45) is 0 Å². The molecule has 0 spiro atoms. The van der Waals surface area contributed by atoms with Crippen LogP contribution in [0.15, 0.2) is 425 Å². The molecule has 0 bridgehead atoms. The summed E-state index contributed by atoms with van der Waals surface area (Å²) in [5.41, 5.74) is 31.2. The summed E-state index contributed by atoms with van der Waals surface area (Å²) in [6.07, 6.45) is 0. The molecule has 528 valence electrons. The van der Waals surface area contributed by atoms with E-state index in [0.29, 0.717) is 0 Å². The van der Waals surface area contributed by atoms with E-state index in [9.17, 15) is 0 Å². The Morgan fingerprint density at radius 2 is 0.527 bits per heavy atom. The molecule has 0 N–H and O–H groups in total. The first-order valence-corrected chi connectivity index (χ1v) is 38.9. The van der Waals surface area contributed by atoms with E-state index in [1.165, 1.54) is 166 Å². The van der Waals surface area contributed by atoms with Crippen molar-refractivity contribution < 1.29 is 0 Å². The van der Waals surface area contributed by atoms with Crippen molar-refractivity contribution in [2.75, 3.05) is 9.80 Å². The lowest BCUT2D eigenvalue weighted by atomic mass is 9.73. The normalized spacial score (nSPS) is 12.9. The van der Waals surface area contributed by atoms with Crippen LogP contribution in [-0.4, -0.2) is 9.13 Å². The maximum atomic E-state index is 2.48. The maximum Gasteiger partial charge on any atom is 0.0541 e. The van der Waals surface area contributed by atoms with E-state index in [0.717, 1.165) is 22.7 Å². The van der Waals surface area contributed by atoms with Crippen molar-refractivity contribution >= 4 is 99.3 Å². The number of aromatic nitrogens is 2. The van der Waals surface area contributed by atoms with Crippen LogP contribution >= 0.6 is 0 Å². The molecule has 0 saturated heterocycles. The van der Waals surface area contributed by atoms with E-state index in [-0.39, 0.29) is 10.8 Å². The Labute approximate surface area is 652 Å². The van der Waals surface area contributed by atoms with Crippen LogP contribution in [0.25, 0.3) is 121 Å². The van der Waals surface area contributed by atoms with Gasteiger partial charge in [-0.2, -0.15) is 0 Å². The average molecular weight is 1430 g/mol. The molecule has 2 heterocycles. The summed E-state index contributed by atoms with van der Waals surface area (Å²) >= 11 is 0. The highest BCUT2D eigenvalue weighted by molar-refractivity contribution is 6.12. The van der Waals surface area contributed by atoms with Crippen molar-refractivity contribution in [1.82, 2.24) is 9.13 Å². The second kappa shape index (κ2) is 26.8. The molecule has 0 amide bonds. The first-order chi connectivity index (χ1) is 55.3. The smallest absolute Gasteiger partial charge is 0.0541 e.